The van der Waals surface area contributed by atoms with Crippen LogP contribution in [0.3, 0.4) is 0 Å². The Balaban J connectivity index is 1.28. The summed E-state index contributed by atoms with van der Waals surface area (Å²) in [4.78, 5) is 50.0. The maximum Gasteiger partial charge on any atom is 0.281 e. The average molecular weight is 579 g/mol. The fraction of sp³-hybridized carbons (Fsp3) is 0.594. The first-order valence-electron chi connectivity index (χ1n) is 16.7. The van der Waals surface area contributed by atoms with Crippen molar-refractivity contribution in [2.24, 2.45) is 17.8 Å². The molecule has 2 aromatic rings. The predicted octanol–water partition coefficient (Wildman–Crippen LogP) is 2.43. The van der Waals surface area contributed by atoms with E-state index in [1.54, 1.807) is 18.7 Å². The number of likely N-dealkylation sites (N-methyl/N-ethyl adjacent to an activating group) is 1. The van der Waals surface area contributed by atoms with Crippen LogP contribution in [-0.4, -0.2) is 92.3 Å². The minimum Gasteiger partial charge on any atom is -0.361 e. The van der Waals surface area contributed by atoms with Crippen LogP contribution in [0.1, 0.15) is 62.2 Å². The van der Waals surface area contributed by atoms with E-state index in [9.17, 15) is 19.5 Å². The maximum absolute atomic E-state index is 14.5. The predicted molar refractivity (Wildman–Crippen MR) is 156 cm³/mol. The van der Waals surface area contributed by atoms with E-state index >= 15 is 0 Å². The number of aliphatic hydroxyl groups is 1. The minimum absolute atomic E-state index is 0.0903. The minimum atomic E-state index is -2.48. The van der Waals surface area contributed by atoms with Crippen LogP contribution in [0.15, 0.2) is 30.5 Å². The summed E-state index contributed by atoms with van der Waals surface area (Å²) in [6, 6.07) is 3.66. The van der Waals surface area contributed by atoms with Crippen LogP contribution in [0.5, 0.6) is 0 Å². The lowest BCUT2D eigenvalue weighted by molar-refractivity contribution is -0.324. The fourth-order valence-electron chi connectivity index (χ4n) is 7.90. The molecule has 42 heavy (non-hydrogen) atoms. The van der Waals surface area contributed by atoms with Crippen molar-refractivity contribution in [2.75, 3.05) is 20.1 Å². The summed E-state index contributed by atoms with van der Waals surface area (Å²) >= 11 is 0. The normalized spacial score (nSPS) is 36.2. The molecule has 3 amide bonds. The van der Waals surface area contributed by atoms with Crippen molar-refractivity contribution in [1.82, 2.24) is 25.0 Å². The zero-order valence-electron chi connectivity index (χ0n) is 27.5. The van der Waals surface area contributed by atoms with Crippen LogP contribution < -0.4 is 5.32 Å². The number of ether oxygens (including phenoxy) is 1. The molecule has 0 saturated carbocycles. The second-order valence-electron chi connectivity index (χ2n) is 13.0. The lowest BCUT2D eigenvalue weighted by Crippen LogP contribution is -2.72. The maximum atomic E-state index is 14.5. The van der Waals surface area contributed by atoms with Crippen molar-refractivity contribution in [2.45, 2.75) is 83.1 Å². The number of benzene rings is 1. The first-order chi connectivity index (χ1) is 21.2. The van der Waals surface area contributed by atoms with Crippen molar-refractivity contribution in [3.63, 3.8) is 0 Å². The molecular formula is C32H41N5O5. The Kier molecular flexibility index (Phi) is 5.42. The Hall–Kier alpha value is -3.21. The van der Waals surface area contributed by atoms with Gasteiger partial charge in [0.1, 0.15) is 12.1 Å². The number of amides is 3. The van der Waals surface area contributed by atoms with Gasteiger partial charge in [0.15, 0.2) is 0 Å². The molecule has 5 aliphatic rings. The van der Waals surface area contributed by atoms with Gasteiger partial charge in [-0.3, -0.25) is 28.9 Å². The summed E-state index contributed by atoms with van der Waals surface area (Å²) in [6.07, 6.45) is 5.94. The number of hydrogen-bond donors (Lipinski definition) is 3. The standard InChI is InChI=1S/C32H41N5O5/c1-6-18(4)27-29(39)36-12-8-11-25(36)32(41)37(27)30(40)31(42-32,17(2)3)34-28(38)20-13-22-21-9-7-10-23-26(21)19(15-33-23)14-24(22)35(5)16-20/h7,9-10,13,15,17-18,20,24-25,27,33,41H,6,8,11-12,14,16H2,1-5H3,(H,34,38)/t18-,20+,24+,25-,27-,31+,32-/m0/s1/i5D3. The van der Waals surface area contributed by atoms with E-state index < -0.39 is 60.4 Å². The van der Waals surface area contributed by atoms with E-state index in [2.05, 4.69) is 10.3 Å². The number of carbonyl (C=O) groups is 3. The van der Waals surface area contributed by atoms with Gasteiger partial charge in [-0.05, 0) is 54.9 Å². The first kappa shape index (κ1) is 24.3. The molecule has 3 fully saturated rings. The smallest absolute Gasteiger partial charge is 0.281 e. The van der Waals surface area contributed by atoms with E-state index in [-0.39, 0.29) is 18.4 Å². The van der Waals surface area contributed by atoms with E-state index in [0.29, 0.717) is 32.2 Å². The third kappa shape index (κ3) is 3.58. The molecule has 3 N–H and O–H groups in total. The molecule has 0 unspecified atom stereocenters. The van der Waals surface area contributed by atoms with Crippen LogP contribution in [0.2, 0.25) is 0 Å². The van der Waals surface area contributed by atoms with Crippen molar-refractivity contribution in [1.29, 1.82) is 0 Å². The summed E-state index contributed by atoms with van der Waals surface area (Å²) in [5.74, 6) is -5.39. The van der Waals surface area contributed by atoms with Crippen LogP contribution >= 0.6 is 0 Å². The Morgan fingerprint density at radius 2 is 2.12 bits per heavy atom. The third-order valence-corrected chi connectivity index (χ3v) is 10.4. The SMILES string of the molecule is [2H]C([2H])([2H])N1C[C@H](C(=O)N[C@]2(C(C)C)O[C@@]3(O)[C@@H]4CCCN4C(=O)[C@H]([C@@H](C)CC)N3C2=O)C=C2c3cccc4[nH]cc(c34)C[C@H]21. The zero-order chi connectivity index (χ0) is 32.2. The second kappa shape index (κ2) is 9.39. The van der Waals surface area contributed by atoms with Gasteiger partial charge in [-0.15, -0.1) is 0 Å². The van der Waals surface area contributed by atoms with Gasteiger partial charge in [0.05, 0.1) is 5.92 Å². The van der Waals surface area contributed by atoms with E-state index in [1.165, 1.54) is 9.80 Å². The lowest BCUT2D eigenvalue weighted by atomic mass is 9.79. The monoisotopic (exact) mass is 578 g/mol. The van der Waals surface area contributed by atoms with Crippen molar-refractivity contribution >= 4 is 34.2 Å². The van der Waals surface area contributed by atoms with Gasteiger partial charge in [0, 0.05) is 46.3 Å². The number of rotatable bonds is 5. The molecule has 7 atom stereocenters. The van der Waals surface area contributed by atoms with Gasteiger partial charge in [0.25, 0.3) is 11.8 Å². The molecule has 0 bridgehead atoms. The van der Waals surface area contributed by atoms with Gasteiger partial charge in [0.2, 0.25) is 17.5 Å². The molecule has 224 valence electrons. The number of H-pyrrole nitrogens is 1. The first-order valence-corrected chi connectivity index (χ1v) is 15.2. The van der Waals surface area contributed by atoms with Crippen LogP contribution in [0.25, 0.3) is 16.5 Å². The number of hydrogen-bond acceptors (Lipinski definition) is 6. The average Bonchev–Trinajstić information content (AvgIpc) is 3.71. The number of nitrogens with zero attached hydrogens (tertiary/aromatic N) is 3. The quantitative estimate of drug-likeness (QED) is 0.502. The zero-order valence-corrected chi connectivity index (χ0v) is 24.5. The van der Waals surface area contributed by atoms with Crippen LogP contribution in [0.4, 0.5) is 0 Å². The Morgan fingerprint density at radius 3 is 2.86 bits per heavy atom. The van der Waals surface area contributed by atoms with Crippen molar-refractivity contribution in [3.8, 4) is 0 Å². The fourth-order valence-corrected chi connectivity index (χ4v) is 7.90. The van der Waals surface area contributed by atoms with Crippen molar-refractivity contribution < 1.29 is 28.3 Å². The van der Waals surface area contributed by atoms with Crippen molar-refractivity contribution in [3.05, 3.63) is 41.6 Å². The van der Waals surface area contributed by atoms with Gasteiger partial charge < -0.3 is 20.3 Å². The molecule has 4 aliphatic heterocycles. The summed E-state index contributed by atoms with van der Waals surface area (Å²) in [5, 5.41) is 16.1. The Morgan fingerprint density at radius 1 is 1.31 bits per heavy atom. The van der Waals surface area contributed by atoms with E-state index in [0.717, 1.165) is 27.6 Å². The molecule has 3 saturated heterocycles. The molecule has 5 heterocycles. The number of fused-ring (bicyclic) bond motifs is 5. The summed E-state index contributed by atoms with van der Waals surface area (Å²) in [5.41, 5.74) is 1.64. The molecule has 1 aliphatic carbocycles. The summed E-state index contributed by atoms with van der Waals surface area (Å²) < 4.78 is 31.5. The van der Waals surface area contributed by atoms with E-state index in [1.807, 2.05) is 44.3 Å². The van der Waals surface area contributed by atoms with Gasteiger partial charge in [-0.25, -0.2) is 0 Å². The second-order valence-corrected chi connectivity index (χ2v) is 13.0. The van der Waals surface area contributed by atoms with Gasteiger partial charge in [-0.1, -0.05) is 52.3 Å². The largest absolute Gasteiger partial charge is 0.361 e. The molecule has 10 nitrogen and oxygen atoms in total. The highest BCUT2D eigenvalue weighted by molar-refractivity contribution is 6.01. The topological polar surface area (TPSA) is 118 Å². The van der Waals surface area contributed by atoms with Crippen LogP contribution in [-0.2, 0) is 25.5 Å². The molecule has 7 rings (SSSR count). The Bertz CT molecular complexity index is 1620. The molecule has 0 spiro atoms. The van der Waals surface area contributed by atoms with Gasteiger partial charge in [-0.2, -0.15) is 0 Å². The lowest BCUT2D eigenvalue weighted by Gasteiger charge is -2.50. The highest BCUT2D eigenvalue weighted by Gasteiger charge is 2.72. The van der Waals surface area contributed by atoms with E-state index in [4.69, 9.17) is 8.85 Å². The molecule has 10 heteroatoms. The number of nitrogens with one attached hydrogen (secondary N) is 2. The number of aromatic amines is 1. The molecule has 0 radical (unpaired) electrons. The number of piperazine rings is 1. The summed E-state index contributed by atoms with van der Waals surface area (Å²) in [7, 11) is 0. The Labute approximate surface area is 250 Å². The third-order valence-electron chi connectivity index (χ3n) is 10.4. The number of carbonyl (C=O) groups excluding carboxylic acids is 3. The highest BCUT2D eigenvalue weighted by atomic mass is 16.7. The van der Waals surface area contributed by atoms with Gasteiger partial charge >= 0.3 is 0 Å². The summed E-state index contributed by atoms with van der Waals surface area (Å²) in [6.45, 7) is 5.14. The molecule has 1 aromatic carbocycles. The molecule has 1 aromatic heterocycles. The number of aromatic nitrogens is 1. The molecular weight excluding hydrogens is 534 g/mol. The highest BCUT2D eigenvalue weighted by Crippen LogP contribution is 2.49. The van der Waals surface area contributed by atoms with Crippen LogP contribution in [0, 0.1) is 17.8 Å².